The third kappa shape index (κ3) is 2.70. The molecule has 0 radical (unpaired) electrons. The van der Waals surface area contributed by atoms with Gasteiger partial charge in [0.05, 0.1) is 5.75 Å². The van der Waals surface area contributed by atoms with E-state index in [1.54, 1.807) is 6.08 Å². The van der Waals surface area contributed by atoms with Crippen molar-refractivity contribution in [1.82, 2.24) is 10.1 Å². The van der Waals surface area contributed by atoms with E-state index in [4.69, 9.17) is 4.52 Å². The Morgan fingerprint density at radius 1 is 1.67 bits per heavy atom. The highest BCUT2D eigenvalue weighted by Crippen LogP contribution is 2.10. The van der Waals surface area contributed by atoms with Crippen molar-refractivity contribution in [2.24, 2.45) is 0 Å². The van der Waals surface area contributed by atoms with E-state index in [0.717, 1.165) is 17.3 Å². The second-order valence-electron chi connectivity index (χ2n) is 2.31. The van der Waals surface area contributed by atoms with Crippen LogP contribution in [0.2, 0.25) is 0 Å². The molecule has 0 fully saturated rings. The molecule has 0 saturated heterocycles. The van der Waals surface area contributed by atoms with Crippen LogP contribution in [0.3, 0.4) is 0 Å². The van der Waals surface area contributed by atoms with Crippen LogP contribution in [0, 0.1) is 0 Å². The first-order valence-electron chi connectivity index (χ1n) is 3.89. The zero-order valence-electron chi connectivity index (χ0n) is 7.12. The van der Waals surface area contributed by atoms with E-state index in [-0.39, 0.29) is 0 Å². The summed E-state index contributed by atoms with van der Waals surface area (Å²) in [6.07, 6.45) is 2.73. The molecule has 0 aromatic carbocycles. The monoisotopic (exact) mass is 184 g/mol. The van der Waals surface area contributed by atoms with Crippen molar-refractivity contribution in [3.63, 3.8) is 0 Å². The van der Waals surface area contributed by atoms with Gasteiger partial charge in [0.1, 0.15) is 0 Å². The Kier molecular flexibility index (Phi) is 3.87. The van der Waals surface area contributed by atoms with Gasteiger partial charge in [0.2, 0.25) is 5.89 Å². The van der Waals surface area contributed by atoms with Gasteiger partial charge in [-0.2, -0.15) is 16.7 Å². The first-order chi connectivity index (χ1) is 5.86. The maximum absolute atomic E-state index is 4.85. The van der Waals surface area contributed by atoms with Crippen molar-refractivity contribution >= 4 is 17.8 Å². The Labute approximate surface area is 76.2 Å². The van der Waals surface area contributed by atoms with E-state index in [1.165, 1.54) is 6.42 Å². The molecule has 0 bridgehead atoms. The highest BCUT2D eigenvalue weighted by Gasteiger charge is 2.01. The Bertz CT molecular complexity index is 247. The maximum atomic E-state index is 4.85. The van der Waals surface area contributed by atoms with Gasteiger partial charge in [0.15, 0.2) is 5.82 Å². The number of hydrogen-bond acceptors (Lipinski definition) is 4. The number of nitrogens with zero attached hydrogens (tertiary/aromatic N) is 2. The summed E-state index contributed by atoms with van der Waals surface area (Å²) in [5.41, 5.74) is 0. The quantitative estimate of drug-likeness (QED) is 0.658. The fourth-order valence-electron chi connectivity index (χ4n) is 0.717. The first kappa shape index (κ1) is 9.32. The summed E-state index contributed by atoms with van der Waals surface area (Å²) in [5.74, 6) is 3.22. The van der Waals surface area contributed by atoms with Gasteiger partial charge in [-0.25, -0.2) is 0 Å². The van der Waals surface area contributed by atoms with Gasteiger partial charge in [-0.1, -0.05) is 18.7 Å². The average Bonchev–Trinajstić information content (AvgIpc) is 2.53. The molecule has 1 aromatic rings. The maximum Gasteiger partial charge on any atom is 0.250 e. The second kappa shape index (κ2) is 4.98. The van der Waals surface area contributed by atoms with Gasteiger partial charge in [-0.15, -0.1) is 0 Å². The normalized spacial score (nSPS) is 10.1. The minimum atomic E-state index is 0.502. The number of aromatic nitrogens is 2. The number of rotatable bonds is 5. The summed E-state index contributed by atoms with van der Waals surface area (Å²) in [4.78, 5) is 4.08. The van der Waals surface area contributed by atoms with Gasteiger partial charge in [-0.3, -0.25) is 0 Å². The molecule has 1 aromatic heterocycles. The van der Waals surface area contributed by atoms with Crippen LogP contribution in [0.15, 0.2) is 11.1 Å². The van der Waals surface area contributed by atoms with Crippen LogP contribution in [-0.2, 0) is 5.75 Å². The van der Waals surface area contributed by atoms with Gasteiger partial charge in [0, 0.05) is 0 Å². The van der Waals surface area contributed by atoms with Gasteiger partial charge in [0.25, 0.3) is 0 Å². The lowest BCUT2D eigenvalue weighted by Gasteiger charge is -1.91. The van der Waals surface area contributed by atoms with Gasteiger partial charge >= 0.3 is 0 Å². The molecule has 0 aliphatic heterocycles. The Hall–Kier alpha value is -0.770. The van der Waals surface area contributed by atoms with Crippen molar-refractivity contribution in [3.8, 4) is 0 Å². The fourth-order valence-corrected chi connectivity index (χ4v) is 1.45. The lowest BCUT2D eigenvalue weighted by molar-refractivity contribution is 0.405. The van der Waals surface area contributed by atoms with E-state index < -0.39 is 0 Å². The van der Waals surface area contributed by atoms with Crippen LogP contribution in [0.5, 0.6) is 0 Å². The van der Waals surface area contributed by atoms with Gasteiger partial charge < -0.3 is 4.52 Å². The minimum Gasteiger partial charge on any atom is -0.335 e. The molecule has 0 spiro atoms. The molecular weight excluding hydrogens is 172 g/mol. The Balaban J connectivity index is 2.36. The predicted molar refractivity (Wildman–Crippen MR) is 50.8 cm³/mol. The molecule has 0 amide bonds. The van der Waals surface area contributed by atoms with E-state index >= 15 is 0 Å². The second-order valence-corrected chi connectivity index (χ2v) is 3.41. The van der Waals surface area contributed by atoms with Crippen molar-refractivity contribution in [2.75, 3.05) is 5.75 Å². The summed E-state index contributed by atoms with van der Waals surface area (Å²) >= 11 is 1.81. The molecule has 1 rings (SSSR count). The van der Waals surface area contributed by atoms with Crippen molar-refractivity contribution in [1.29, 1.82) is 0 Å². The molecule has 0 unspecified atom stereocenters. The van der Waals surface area contributed by atoms with Crippen molar-refractivity contribution < 1.29 is 4.52 Å². The first-order valence-corrected chi connectivity index (χ1v) is 5.05. The Morgan fingerprint density at radius 3 is 3.08 bits per heavy atom. The van der Waals surface area contributed by atoms with E-state index in [1.807, 2.05) is 11.8 Å². The van der Waals surface area contributed by atoms with Crippen LogP contribution < -0.4 is 0 Å². The lowest BCUT2D eigenvalue weighted by atomic mass is 10.6. The summed E-state index contributed by atoms with van der Waals surface area (Å²) in [6.45, 7) is 5.69. The molecule has 3 nitrogen and oxygen atoms in total. The highest BCUT2D eigenvalue weighted by molar-refractivity contribution is 7.98. The van der Waals surface area contributed by atoms with E-state index in [9.17, 15) is 0 Å². The SMILES string of the molecule is C=Cc1nc(CSCCC)no1. The molecule has 0 aliphatic carbocycles. The van der Waals surface area contributed by atoms with Crippen molar-refractivity contribution in [2.45, 2.75) is 19.1 Å². The molecule has 0 N–H and O–H groups in total. The van der Waals surface area contributed by atoms with Crippen LogP contribution in [0.4, 0.5) is 0 Å². The largest absolute Gasteiger partial charge is 0.335 e. The van der Waals surface area contributed by atoms with Crippen LogP contribution in [-0.4, -0.2) is 15.9 Å². The number of thioether (sulfide) groups is 1. The predicted octanol–water partition coefficient (Wildman–Crippen LogP) is 2.36. The Morgan fingerprint density at radius 2 is 2.50 bits per heavy atom. The standard InChI is InChI=1S/C8H12N2OS/c1-3-5-12-6-7-9-8(4-2)11-10-7/h4H,2-3,5-6H2,1H3. The smallest absolute Gasteiger partial charge is 0.250 e. The molecule has 0 aliphatic rings. The molecule has 0 atom stereocenters. The van der Waals surface area contributed by atoms with Gasteiger partial charge in [-0.05, 0) is 18.2 Å². The molecule has 0 saturated carbocycles. The third-order valence-corrected chi connectivity index (χ3v) is 2.40. The number of hydrogen-bond donors (Lipinski definition) is 0. The summed E-state index contributed by atoms with van der Waals surface area (Å²) in [5, 5.41) is 3.78. The summed E-state index contributed by atoms with van der Waals surface area (Å²) in [6, 6.07) is 0. The molecule has 4 heteroatoms. The van der Waals surface area contributed by atoms with Crippen LogP contribution in [0.25, 0.3) is 6.08 Å². The average molecular weight is 184 g/mol. The van der Waals surface area contributed by atoms with Crippen molar-refractivity contribution in [3.05, 3.63) is 18.3 Å². The van der Waals surface area contributed by atoms with Crippen LogP contribution >= 0.6 is 11.8 Å². The molecule has 12 heavy (non-hydrogen) atoms. The molecule has 66 valence electrons. The molecule has 1 heterocycles. The van der Waals surface area contributed by atoms with E-state index in [0.29, 0.717) is 5.89 Å². The fraction of sp³-hybridized carbons (Fsp3) is 0.500. The topological polar surface area (TPSA) is 38.9 Å². The summed E-state index contributed by atoms with van der Waals surface area (Å²) < 4.78 is 4.85. The van der Waals surface area contributed by atoms with E-state index in [2.05, 4.69) is 23.6 Å². The minimum absolute atomic E-state index is 0.502. The summed E-state index contributed by atoms with van der Waals surface area (Å²) in [7, 11) is 0. The third-order valence-electron chi connectivity index (χ3n) is 1.24. The zero-order valence-corrected chi connectivity index (χ0v) is 7.93. The highest BCUT2D eigenvalue weighted by atomic mass is 32.2. The molecular formula is C8H12N2OS. The lowest BCUT2D eigenvalue weighted by Crippen LogP contribution is -1.84. The zero-order chi connectivity index (χ0) is 8.81. The van der Waals surface area contributed by atoms with Crippen LogP contribution in [0.1, 0.15) is 25.1 Å².